The van der Waals surface area contributed by atoms with Crippen molar-refractivity contribution in [1.29, 1.82) is 0 Å². The molecule has 3 atom stereocenters. The highest BCUT2D eigenvalue weighted by atomic mass is 31.2. The van der Waals surface area contributed by atoms with Gasteiger partial charge in [-0.1, -0.05) is 223 Å². The number of aliphatic hydroxyl groups is 1. The number of phosphoric ester groups is 1. The van der Waals surface area contributed by atoms with Crippen LogP contribution in [-0.4, -0.2) is 47.8 Å². The molecule has 60 heavy (non-hydrogen) atoms. The monoisotopic (exact) mass is 865 g/mol. The molecule has 9 heteroatoms. The van der Waals surface area contributed by atoms with Crippen LogP contribution in [0.15, 0.2) is 48.6 Å². The van der Waals surface area contributed by atoms with E-state index >= 15 is 0 Å². The molecule has 0 saturated heterocycles. The largest absolute Gasteiger partial charge is 0.472 e. The Kier molecular flexibility index (Phi) is 45.7. The highest BCUT2D eigenvalue weighted by Gasteiger charge is 2.26. The van der Waals surface area contributed by atoms with E-state index in [1.54, 1.807) is 6.08 Å². The molecule has 3 unspecified atom stereocenters. The maximum atomic E-state index is 12.8. The summed E-state index contributed by atoms with van der Waals surface area (Å²) in [6.07, 6.45) is 58.8. The van der Waals surface area contributed by atoms with Crippen LogP contribution in [0.4, 0.5) is 0 Å². The predicted octanol–water partition coefficient (Wildman–Crippen LogP) is 14.8. The molecule has 0 rings (SSSR count). The molecule has 0 aliphatic rings. The van der Waals surface area contributed by atoms with Crippen molar-refractivity contribution < 1.29 is 28.4 Å². The zero-order valence-corrected chi connectivity index (χ0v) is 40.1. The first-order valence-electron chi connectivity index (χ1n) is 25.3. The second-order valence-electron chi connectivity index (χ2n) is 17.0. The lowest BCUT2D eigenvalue weighted by Gasteiger charge is -2.23. The summed E-state index contributed by atoms with van der Waals surface area (Å²) in [4.78, 5) is 22.8. The summed E-state index contributed by atoms with van der Waals surface area (Å²) in [5.41, 5.74) is 5.39. The van der Waals surface area contributed by atoms with E-state index in [0.717, 1.165) is 64.2 Å². The molecule has 0 heterocycles. The van der Waals surface area contributed by atoms with Crippen molar-refractivity contribution >= 4 is 13.7 Å². The summed E-state index contributed by atoms with van der Waals surface area (Å²) in [6, 6.07) is -0.869. The lowest BCUT2D eigenvalue weighted by Crippen LogP contribution is -2.45. The van der Waals surface area contributed by atoms with Crippen LogP contribution in [0.25, 0.3) is 0 Å². The SMILES string of the molecule is CCCCCCC/C=C\C/C=C\C/C=C\CCCCCCCCC(=O)NC(COP(=O)(O)OCCN)C(O)/C=C/CCCCCCCCCCCCCCCCCCCC. The van der Waals surface area contributed by atoms with Gasteiger partial charge >= 0.3 is 7.82 Å². The Morgan fingerprint density at radius 1 is 0.550 bits per heavy atom. The number of rotatable bonds is 47. The molecule has 5 N–H and O–H groups in total. The molecular formula is C51H97N2O6P. The maximum Gasteiger partial charge on any atom is 0.472 e. The Balaban J connectivity index is 4.16. The maximum absolute atomic E-state index is 12.8. The average Bonchev–Trinajstić information content (AvgIpc) is 3.24. The van der Waals surface area contributed by atoms with E-state index < -0.39 is 20.0 Å². The zero-order chi connectivity index (χ0) is 43.9. The summed E-state index contributed by atoms with van der Waals surface area (Å²) in [7, 11) is -4.35. The molecule has 8 nitrogen and oxygen atoms in total. The zero-order valence-electron chi connectivity index (χ0n) is 39.2. The van der Waals surface area contributed by atoms with Gasteiger partial charge in [0.15, 0.2) is 0 Å². The quantitative estimate of drug-likeness (QED) is 0.0272. The molecule has 0 bridgehead atoms. The van der Waals surface area contributed by atoms with Gasteiger partial charge < -0.3 is 21.1 Å². The van der Waals surface area contributed by atoms with Gasteiger partial charge in [-0.2, -0.15) is 0 Å². The smallest absolute Gasteiger partial charge is 0.387 e. The van der Waals surface area contributed by atoms with Crippen molar-refractivity contribution in [3.8, 4) is 0 Å². The van der Waals surface area contributed by atoms with E-state index in [0.29, 0.717) is 6.42 Å². The fraction of sp³-hybridized carbons (Fsp3) is 0.824. The number of allylic oxidation sites excluding steroid dienone is 7. The summed E-state index contributed by atoms with van der Waals surface area (Å²) >= 11 is 0. The summed E-state index contributed by atoms with van der Waals surface area (Å²) < 4.78 is 22.2. The van der Waals surface area contributed by atoms with Gasteiger partial charge in [0, 0.05) is 13.0 Å². The van der Waals surface area contributed by atoms with E-state index in [1.807, 2.05) is 6.08 Å². The van der Waals surface area contributed by atoms with Gasteiger partial charge in [0.1, 0.15) is 0 Å². The number of aliphatic hydroxyl groups excluding tert-OH is 1. The predicted molar refractivity (Wildman–Crippen MR) is 258 cm³/mol. The lowest BCUT2D eigenvalue weighted by molar-refractivity contribution is -0.123. The van der Waals surface area contributed by atoms with Crippen LogP contribution in [0.1, 0.15) is 239 Å². The second kappa shape index (κ2) is 47.0. The van der Waals surface area contributed by atoms with Crippen molar-refractivity contribution in [3.63, 3.8) is 0 Å². The number of unbranched alkanes of at least 4 members (excludes halogenated alkanes) is 29. The molecule has 0 aromatic rings. The van der Waals surface area contributed by atoms with Gasteiger partial charge in [-0.25, -0.2) is 4.57 Å². The third-order valence-electron chi connectivity index (χ3n) is 11.1. The number of amides is 1. The molecular weight excluding hydrogens is 768 g/mol. The molecule has 0 saturated carbocycles. The lowest BCUT2D eigenvalue weighted by atomic mass is 10.0. The normalized spacial score (nSPS) is 14.3. The first-order chi connectivity index (χ1) is 29.4. The third kappa shape index (κ3) is 44.5. The number of nitrogens with one attached hydrogen (secondary N) is 1. The average molecular weight is 865 g/mol. The molecule has 1 amide bonds. The number of carbonyl (C=O) groups excluding carboxylic acids is 1. The van der Waals surface area contributed by atoms with Gasteiger partial charge in [-0.3, -0.25) is 13.8 Å². The number of carbonyl (C=O) groups is 1. The van der Waals surface area contributed by atoms with E-state index in [1.165, 1.54) is 154 Å². The molecule has 0 aliphatic heterocycles. The summed E-state index contributed by atoms with van der Waals surface area (Å²) in [5.74, 6) is -0.205. The fourth-order valence-electron chi connectivity index (χ4n) is 7.32. The van der Waals surface area contributed by atoms with Crippen LogP contribution in [0.5, 0.6) is 0 Å². The molecule has 0 aromatic carbocycles. The fourth-order valence-corrected chi connectivity index (χ4v) is 8.08. The minimum atomic E-state index is -4.35. The molecule has 352 valence electrons. The van der Waals surface area contributed by atoms with Gasteiger partial charge in [0.05, 0.1) is 25.4 Å². The standard InChI is InChI=1S/C51H97N2O6P/c1-3-5-7-9-11-13-15-17-19-21-23-25-27-29-31-33-35-37-39-41-43-45-51(55)53-49(48-59-60(56,57)58-47-46-52)50(54)44-42-40-38-36-34-32-30-28-26-24-22-20-18-16-14-12-10-8-6-4-2/h15,17,21,23,27,29,42,44,49-50,54H,3-14,16,18-20,22,24-26,28,30-41,43,45-48,52H2,1-2H3,(H,53,55)(H,56,57)/b17-15-,23-21-,29-27-,44-42+. The Morgan fingerprint density at radius 2 is 0.917 bits per heavy atom. The number of hydrogen-bond acceptors (Lipinski definition) is 6. The first kappa shape index (κ1) is 58.5. The van der Waals surface area contributed by atoms with Crippen LogP contribution >= 0.6 is 7.82 Å². The van der Waals surface area contributed by atoms with Crippen LogP contribution < -0.4 is 11.1 Å². The highest BCUT2D eigenvalue weighted by Crippen LogP contribution is 2.43. The van der Waals surface area contributed by atoms with Crippen LogP contribution in [0.3, 0.4) is 0 Å². The van der Waals surface area contributed by atoms with Gasteiger partial charge in [-0.15, -0.1) is 0 Å². The summed E-state index contributed by atoms with van der Waals surface area (Å²) in [6.45, 7) is 4.13. The minimum Gasteiger partial charge on any atom is -0.387 e. The van der Waals surface area contributed by atoms with Gasteiger partial charge in [0.2, 0.25) is 5.91 Å². The molecule has 0 radical (unpaired) electrons. The van der Waals surface area contributed by atoms with E-state index in [-0.39, 0.29) is 25.7 Å². The summed E-state index contributed by atoms with van der Waals surface area (Å²) in [5, 5.41) is 13.7. The Morgan fingerprint density at radius 3 is 1.33 bits per heavy atom. The number of nitrogens with two attached hydrogens (primary N) is 1. The highest BCUT2D eigenvalue weighted by molar-refractivity contribution is 7.47. The molecule has 0 aromatic heterocycles. The van der Waals surface area contributed by atoms with Crippen molar-refractivity contribution in [3.05, 3.63) is 48.6 Å². The van der Waals surface area contributed by atoms with Gasteiger partial charge in [-0.05, 0) is 57.8 Å². The van der Waals surface area contributed by atoms with E-state index in [4.69, 9.17) is 14.8 Å². The van der Waals surface area contributed by atoms with Crippen LogP contribution in [0.2, 0.25) is 0 Å². The Bertz CT molecular complexity index is 1080. The van der Waals surface area contributed by atoms with Crippen molar-refractivity contribution in [2.75, 3.05) is 19.8 Å². The molecule has 0 spiro atoms. The Hall–Kier alpha value is -1.54. The number of phosphoric acid groups is 1. The van der Waals surface area contributed by atoms with Crippen LogP contribution in [0, 0.1) is 0 Å². The minimum absolute atomic E-state index is 0.0750. The van der Waals surface area contributed by atoms with Crippen molar-refractivity contribution in [1.82, 2.24) is 5.32 Å². The number of hydrogen-bond donors (Lipinski definition) is 4. The third-order valence-corrected chi connectivity index (χ3v) is 12.1. The molecule has 0 aliphatic carbocycles. The van der Waals surface area contributed by atoms with Gasteiger partial charge in [0.25, 0.3) is 0 Å². The van der Waals surface area contributed by atoms with Crippen molar-refractivity contribution in [2.45, 2.75) is 251 Å². The second-order valence-corrected chi connectivity index (χ2v) is 18.5. The molecule has 0 fully saturated rings. The first-order valence-corrected chi connectivity index (χ1v) is 26.8. The van der Waals surface area contributed by atoms with E-state index in [9.17, 15) is 19.4 Å². The topological polar surface area (TPSA) is 131 Å². The van der Waals surface area contributed by atoms with Crippen LogP contribution in [-0.2, 0) is 18.4 Å². The van der Waals surface area contributed by atoms with E-state index in [2.05, 4.69) is 55.6 Å². The van der Waals surface area contributed by atoms with Crippen molar-refractivity contribution in [2.24, 2.45) is 5.73 Å². The Labute approximate surface area is 371 Å².